The van der Waals surface area contributed by atoms with E-state index < -0.39 is 0 Å². The van der Waals surface area contributed by atoms with Crippen LogP contribution in [0.15, 0.2) is 34.9 Å². The van der Waals surface area contributed by atoms with Crippen LogP contribution in [0.1, 0.15) is 12.8 Å². The van der Waals surface area contributed by atoms with E-state index >= 15 is 0 Å². The first kappa shape index (κ1) is 11.6. The first-order valence-corrected chi connectivity index (χ1v) is 6.08. The molecule has 2 heterocycles. The van der Waals surface area contributed by atoms with Crippen molar-refractivity contribution < 1.29 is 9.26 Å². The number of nitrogens with zero attached hydrogens (tertiary/aromatic N) is 3. The molecule has 5 heteroatoms. The van der Waals surface area contributed by atoms with E-state index in [0.717, 1.165) is 16.5 Å². The van der Waals surface area contributed by atoms with Crippen LogP contribution in [0.25, 0.3) is 22.3 Å². The molecule has 3 rings (SSSR count). The van der Waals surface area contributed by atoms with Crippen LogP contribution in [0, 0.1) is 0 Å². The Kier molecular flexibility index (Phi) is 2.87. The van der Waals surface area contributed by atoms with Gasteiger partial charge in [-0.15, -0.1) is 0 Å². The molecule has 0 N–H and O–H groups in total. The van der Waals surface area contributed by atoms with Gasteiger partial charge in [-0.1, -0.05) is 30.3 Å². The van der Waals surface area contributed by atoms with Crippen LogP contribution in [0.4, 0.5) is 0 Å². The maximum Gasteiger partial charge on any atom is 0.226 e. The van der Waals surface area contributed by atoms with E-state index in [1.54, 1.807) is 7.11 Å². The van der Waals surface area contributed by atoms with Crippen LogP contribution in [0.5, 0.6) is 5.88 Å². The van der Waals surface area contributed by atoms with Gasteiger partial charge in [0, 0.05) is 11.8 Å². The Labute approximate surface area is 110 Å². The minimum absolute atomic E-state index is 0.502. The number of pyridine rings is 1. The lowest BCUT2D eigenvalue weighted by molar-refractivity contribution is 0.381. The molecule has 0 bridgehead atoms. The largest absolute Gasteiger partial charge is 0.480 e. The van der Waals surface area contributed by atoms with Gasteiger partial charge in [0.25, 0.3) is 0 Å². The molecule has 0 unspecified atom stereocenters. The maximum atomic E-state index is 5.32. The number of aromatic nitrogens is 3. The summed E-state index contributed by atoms with van der Waals surface area (Å²) < 4.78 is 10.5. The fourth-order valence-electron chi connectivity index (χ4n) is 1.92. The number of fused-ring (bicyclic) bond motifs is 1. The first-order chi connectivity index (χ1) is 9.31. The molecule has 0 aliphatic rings. The molecule has 2 aromatic heterocycles. The van der Waals surface area contributed by atoms with Gasteiger partial charge in [-0.2, -0.15) is 4.98 Å². The smallest absolute Gasteiger partial charge is 0.226 e. The van der Waals surface area contributed by atoms with Gasteiger partial charge in [0.05, 0.1) is 18.2 Å². The Balaban J connectivity index is 2.20. The number of ether oxygens (including phenoxy) is 1. The van der Waals surface area contributed by atoms with Gasteiger partial charge in [-0.25, -0.2) is 4.98 Å². The van der Waals surface area contributed by atoms with Gasteiger partial charge >= 0.3 is 0 Å². The number of hydrogen-bond acceptors (Lipinski definition) is 5. The highest BCUT2D eigenvalue weighted by molar-refractivity contribution is 5.84. The third kappa shape index (κ3) is 2.03. The molecule has 0 saturated heterocycles. The molecule has 0 aliphatic carbocycles. The lowest BCUT2D eigenvalue weighted by atomic mass is 10.1. The van der Waals surface area contributed by atoms with Crippen LogP contribution < -0.4 is 4.74 Å². The molecule has 0 spiro atoms. The van der Waals surface area contributed by atoms with E-state index in [0.29, 0.717) is 24.0 Å². The molecule has 0 saturated carbocycles. The van der Waals surface area contributed by atoms with Gasteiger partial charge in [0.2, 0.25) is 17.6 Å². The van der Waals surface area contributed by atoms with Crippen molar-refractivity contribution in [2.75, 3.05) is 7.11 Å². The summed E-state index contributed by atoms with van der Waals surface area (Å²) in [5.74, 6) is 1.61. The highest BCUT2D eigenvalue weighted by Gasteiger charge is 2.15. The lowest BCUT2D eigenvalue weighted by Crippen LogP contribution is -1.94. The van der Waals surface area contributed by atoms with Crippen molar-refractivity contribution in [2.24, 2.45) is 0 Å². The standard InChI is InChI=1S/C14H13N3O2/c1-3-12-16-13(17-19-12)10-8-9-6-4-5-7-11(9)15-14(10)18-2/h4-8H,3H2,1-2H3. The normalized spacial score (nSPS) is 10.8. The second-order valence-corrected chi connectivity index (χ2v) is 4.10. The Morgan fingerprint density at radius 1 is 1.21 bits per heavy atom. The second-order valence-electron chi connectivity index (χ2n) is 4.10. The number of aryl methyl sites for hydroxylation is 1. The van der Waals surface area contributed by atoms with Crippen molar-refractivity contribution in [3.63, 3.8) is 0 Å². The Bertz CT molecular complexity index is 722. The summed E-state index contributed by atoms with van der Waals surface area (Å²) in [4.78, 5) is 8.78. The summed E-state index contributed by atoms with van der Waals surface area (Å²) in [6.07, 6.45) is 0.705. The van der Waals surface area contributed by atoms with E-state index in [-0.39, 0.29) is 0 Å². The SMILES string of the molecule is CCc1nc(-c2cc3ccccc3nc2OC)no1. The number of rotatable bonds is 3. The maximum absolute atomic E-state index is 5.32. The van der Waals surface area contributed by atoms with Gasteiger partial charge in [-0.3, -0.25) is 0 Å². The molecule has 0 fully saturated rings. The third-order valence-corrected chi connectivity index (χ3v) is 2.89. The van der Waals surface area contributed by atoms with Crippen LogP contribution in [0.3, 0.4) is 0 Å². The van der Waals surface area contributed by atoms with E-state index in [9.17, 15) is 0 Å². The average Bonchev–Trinajstić information content (AvgIpc) is 2.94. The minimum Gasteiger partial charge on any atom is -0.480 e. The molecule has 1 aromatic carbocycles. The Morgan fingerprint density at radius 2 is 2.05 bits per heavy atom. The molecule has 0 radical (unpaired) electrons. The van der Waals surface area contributed by atoms with Gasteiger partial charge in [-0.05, 0) is 12.1 Å². The predicted octanol–water partition coefficient (Wildman–Crippen LogP) is 2.86. The highest BCUT2D eigenvalue weighted by Crippen LogP contribution is 2.29. The molecule has 0 aliphatic heterocycles. The van der Waals surface area contributed by atoms with Crippen molar-refractivity contribution >= 4 is 10.9 Å². The van der Waals surface area contributed by atoms with Crippen molar-refractivity contribution in [1.29, 1.82) is 0 Å². The lowest BCUT2D eigenvalue weighted by Gasteiger charge is -2.06. The van der Waals surface area contributed by atoms with E-state index in [2.05, 4.69) is 15.1 Å². The van der Waals surface area contributed by atoms with Gasteiger partial charge in [0.15, 0.2) is 0 Å². The summed E-state index contributed by atoms with van der Waals surface area (Å²) >= 11 is 0. The number of methoxy groups -OCH3 is 1. The van der Waals surface area contributed by atoms with Gasteiger partial charge < -0.3 is 9.26 Å². The monoisotopic (exact) mass is 255 g/mol. The van der Waals surface area contributed by atoms with E-state index in [4.69, 9.17) is 9.26 Å². The van der Waals surface area contributed by atoms with Crippen LogP contribution >= 0.6 is 0 Å². The molecule has 96 valence electrons. The average molecular weight is 255 g/mol. The molecule has 0 amide bonds. The van der Waals surface area contributed by atoms with Crippen LogP contribution in [0.2, 0.25) is 0 Å². The number of hydrogen-bond donors (Lipinski definition) is 0. The zero-order valence-electron chi connectivity index (χ0n) is 10.8. The van der Waals surface area contributed by atoms with Crippen molar-refractivity contribution in [3.8, 4) is 17.3 Å². The molecule has 3 aromatic rings. The van der Waals surface area contributed by atoms with Crippen molar-refractivity contribution in [1.82, 2.24) is 15.1 Å². The van der Waals surface area contributed by atoms with Crippen molar-refractivity contribution in [3.05, 3.63) is 36.2 Å². The third-order valence-electron chi connectivity index (χ3n) is 2.89. The highest BCUT2D eigenvalue weighted by atomic mass is 16.5. The van der Waals surface area contributed by atoms with E-state index in [1.807, 2.05) is 37.3 Å². The molecule has 5 nitrogen and oxygen atoms in total. The molecular formula is C14H13N3O2. The zero-order valence-corrected chi connectivity index (χ0v) is 10.8. The van der Waals surface area contributed by atoms with Crippen LogP contribution in [-0.4, -0.2) is 22.2 Å². The van der Waals surface area contributed by atoms with Crippen molar-refractivity contribution in [2.45, 2.75) is 13.3 Å². The predicted molar refractivity (Wildman–Crippen MR) is 71.0 cm³/mol. The van der Waals surface area contributed by atoms with Gasteiger partial charge in [0.1, 0.15) is 0 Å². The summed E-state index contributed by atoms with van der Waals surface area (Å²) in [7, 11) is 1.58. The Morgan fingerprint density at radius 3 is 2.79 bits per heavy atom. The molecule has 0 atom stereocenters. The van der Waals surface area contributed by atoms with Crippen LogP contribution in [-0.2, 0) is 6.42 Å². The first-order valence-electron chi connectivity index (χ1n) is 6.08. The second kappa shape index (κ2) is 4.68. The molecular weight excluding hydrogens is 242 g/mol. The molecule has 19 heavy (non-hydrogen) atoms. The quantitative estimate of drug-likeness (QED) is 0.720. The summed E-state index contributed by atoms with van der Waals surface area (Å²) in [5.41, 5.74) is 1.62. The number of para-hydroxylation sites is 1. The summed E-state index contributed by atoms with van der Waals surface area (Å²) in [6.45, 7) is 1.97. The summed E-state index contributed by atoms with van der Waals surface area (Å²) in [5, 5.41) is 4.98. The Hall–Kier alpha value is -2.43. The van der Waals surface area contributed by atoms with E-state index in [1.165, 1.54) is 0 Å². The minimum atomic E-state index is 0.502. The fourth-order valence-corrected chi connectivity index (χ4v) is 1.92. The fraction of sp³-hybridized carbons (Fsp3) is 0.214. The number of benzene rings is 1. The zero-order chi connectivity index (χ0) is 13.2. The summed E-state index contributed by atoms with van der Waals surface area (Å²) in [6, 6.07) is 9.80. The topological polar surface area (TPSA) is 61.0 Å².